The lowest BCUT2D eigenvalue weighted by Crippen LogP contribution is -2.19. The van der Waals surface area contributed by atoms with Crippen molar-refractivity contribution in [3.05, 3.63) is 83.9 Å². The van der Waals surface area contributed by atoms with Gasteiger partial charge in [0.2, 0.25) is 0 Å². The van der Waals surface area contributed by atoms with Gasteiger partial charge in [-0.05, 0) is 29.8 Å². The number of hydrogen-bond donors (Lipinski definition) is 2. The standard InChI is InChI=1S/C25H24N4O3S/c1-31-22-13-7-10-19(24(22)32-15-14-18-8-3-2-4-9-18)16-26-29-23(30)17-33-25-27-20-11-5-6-12-21(20)28-25/h2-13,16H,14-15,17H2,1H3,(H,27,28)(H,29,30)/b26-16+. The number of carbonyl (C=O) groups excluding carboxylic acids is 1. The van der Waals surface area contributed by atoms with Crippen LogP contribution in [0.25, 0.3) is 11.0 Å². The fraction of sp³-hybridized carbons (Fsp3) is 0.160. The fourth-order valence-electron chi connectivity index (χ4n) is 3.20. The van der Waals surface area contributed by atoms with E-state index in [1.165, 1.54) is 17.3 Å². The highest BCUT2D eigenvalue weighted by Gasteiger charge is 2.10. The van der Waals surface area contributed by atoms with Crippen LogP contribution in [0.5, 0.6) is 11.5 Å². The van der Waals surface area contributed by atoms with E-state index in [1.807, 2.05) is 60.7 Å². The monoisotopic (exact) mass is 460 g/mol. The predicted molar refractivity (Wildman–Crippen MR) is 131 cm³/mol. The van der Waals surface area contributed by atoms with Crippen LogP contribution in [0.15, 0.2) is 83.1 Å². The number of para-hydroxylation sites is 3. The summed E-state index contributed by atoms with van der Waals surface area (Å²) in [7, 11) is 1.59. The van der Waals surface area contributed by atoms with E-state index < -0.39 is 0 Å². The minimum atomic E-state index is -0.230. The second-order valence-corrected chi connectivity index (χ2v) is 8.07. The smallest absolute Gasteiger partial charge is 0.250 e. The normalized spacial score (nSPS) is 11.1. The van der Waals surface area contributed by atoms with Gasteiger partial charge < -0.3 is 14.5 Å². The van der Waals surface area contributed by atoms with Crippen LogP contribution in [-0.2, 0) is 11.2 Å². The molecule has 1 heterocycles. The zero-order valence-electron chi connectivity index (χ0n) is 18.2. The van der Waals surface area contributed by atoms with Crippen LogP contribution < -0.4 is 14.9 Å². The van der Waals surface area contributed by atoms with Crippen LogP contribution in [0.1, 0.15) is 11.1 Å². The van der Waals surface area contributed by atoms with Crippen molar-refractivity contribution >= 4 is 34.9 Å². The van der Waals surface area contributed by atoms with Gasteiger partial charge in [-0.3, -0.25) is 4.79 Å². The molecule has 4 rings (SSSR count). The molecule has 0 aliphatic heterocycles. The number of rotatable bonds is 10. The van der Waals surface area contributed by atoms with E-state index in [0.717, 1.165) is 17.5 Å². The van der Waals surface area contributed by atoms with E-state index in [1.54, 1.807) is 13.3 Å². The molecular weight excluding hydrogens is 436 g/mol. The highest BCUT2D eigenvalue weighted by molar-refractivity contribution is 7.99. The van der Waals surface area contributed by atoms with Gasteiger partial charge in [-0.25, -0.2) is 10.4 Å². The van der Waals surface area contributed by atoms with Gasteiger partial charge in [0.15, 0.2) is 16.7 Å². The molecule has 7 nitrogen and oxygen atoms in total. The number of H-pyrrole nitrogens is 1. The number of methoxy groups -OCH3 is 1. The molecule has 0 fully saturated rings. The summed E-state index contributed by atoms with van der Waals surface area (Å²) in [6.07, 6.45) is 2.33. The third kappa shape index (κ3) is 6.14. The summed E-state index contributed by atoms with van der Waals surface area (Å²) in [5.41, 5.74) is 6.27. The minimum Gasteiger partial charge on any atom is -0.493 e. The lowest BCUT2D eigenvalue weighted by Gasteiger charge is -2.13. The number of hydrazone groups is 1. The van der Waals surface area contributed by atoms with E-state index in [-0.39, 0.29) is 11.7 Å². The first-order valence-corrected chi connectivity index (χ1v) is 11.4. The molecule has 0 spiro atoms. The van der Waals surface area contributed by atoms with Gasteiger partial charge in [0.25, 0.3) is 5.91 Å². The molecule has 8 heteroatoms. The number of carbonyl (C=O) groups is 1. The predicted octanol–water partition coefficient (Wildman–Crippen LogP) is 4.44. The lowest BCUT2D eigenvalue weighted by atomic mass is 10.1. The van der Waals surface area contributed by atoms with Crippen LogP contribution in [0.4, 0.5) is 0 Å². The molecule has 0 bridgehead atoms. The molecular formula is C25H24N4O3S. The third-order valence-electron chi connectivity index (χ3n) is 4.81. The number of hydrogen-bond acceptors (Lipinski definition) is 6. The Morgan fingerprint density at radius 3 is 2.73 bits per heavy atom. The SMILES string of the molecule is COc1cccc(/C=N/NC(=O)CSc2nc3ccccc3[nH]2)c1OCCc1ccccc1. The Morgan fingerprint density at radius 1 is 1.09 bits per heavy atom. The van der Waals surface area contributed by atoms with Gasteiger partial charge >= 0.3 is 0 Å². The Balaban J connectivity index is 1.33. The molecule has 2 N–H and O–H groups in total. The Kier molecular flexibility index (Phi) is 7.60. The molecule has 168 valence electrons. The number of ether oxygens (including phenoxy) is 2. The number of thioether (sulfide) groups is 1. The van der Waals surface area contributed by atoms with E-state index in [4.69, 9.17) is 9.47 Å². The van der Waals surface area contributed by atoms with Gasteiger partial charge in [-0.2, -0.15) is 5.10 Å². The van der Waals surface area contributed by atoms with Crippen molar-refractivity contribution in [3.8, 4) is 11.5 Å². The molecule has 1 amide bonds. The number of nitrogens with one attached hydrogen (secondary N) is 2. The first-order chi connectivity index (χ1) is 16.2. The number of benzene rings is 3. The van der Waals surface area contributed by atoms with Gasteiger partial charge in [0.05, 0.1) is 36.7 Å². The van der Waals surface area contributed by atoms with E-state index in [0.29, 0.717) is 28.8 Å². The van der Waals surface area contributed by atoms with E-state index in [9.17, 15) is 4.79 Å². The Morgan fingerprint density at radius 2 is 1.91 bits per heavy atom. The first-order valence-electron chi connectivity index (χ1n) is 10.5. The van der Waals surface area contributed by atoms with Gasteiger partial charge in [-0.15, -0.1) is 0 Å². The van der Waals surface area contributed by atoms with Crippen LogP contribution in [-0.4, -0.2) is 41.6 Å². The second-order valence-electron chi connectivity index (χ2n) is 7.10. The van der Waals surface area contributed by atoms with Crippen molar-refractivity contribution < 1.29 is 14.3 Å². The van der Waals surface area contributed by atoms with Crippen molar-refractivity contribution in [2.24, 2.45) is 5.10 Å². The van der Waals surface area contributed by atoms with Crippen LogP contribution >= 0.6 is 11.8 Å². The fourth-order valence-corrected chi connectivity index (χ4v) is 3.88. The average Bonchev–Trinajstić information content (AvgIpc) is 3.27. The number of nitrogens with zero attached hydrogens (tertiary/aromatic N) is 2. The maximum Gasteiger partial charge on any atom is 0.250 e. The Hall–Kier alpha value is -3.78. The summed E-state index contributed by atoms with van der Waals surface area (Å²) in [4.78, 5) is 19.9. The number of fused-ring (bicyclic) bond motifs is 1. The zero-order chi connectivity index (χ0) is 22.9. The maximum absolute atomic E-state index is 12.2. The molecule has 0 atom stereocenters. The highest BCUT2D eigenvalue weighted by Crippen LogP contribution is 2.30. The summed E-state index contributed by atoms with van der Waals surface area (Å²) >= 11 is 1.32. The van der Waals surface area contributed by atoms with Crippen LogP contribution in [0, 0.1) is 0 Å². The molecule has 0 aliphatic rings. The summed E-state index contributed by atoms with van der Waals surface area (Å²) in [6, 6.07) is 23.4. The van der Waals surface area contributed by atoms with Crippen molar-refractivity contribution in [1.82, 2.24) is 15.4 Å². The topological polar surface area (TPSA) is 88.6 Å². The molecule has 0 unspecified atom stereocenters. The molecule has 1 aromatic heterocycles. The molecule has 0 radical (unpaired) electrons. The van der Waals surface area contributed by atoms with E-state index in [2.05, 4.69) is 32.6 Å². The zero-order valence-corrected chi connectivity index (χ0v) is 19.0. The van der Waals surface area contributed by atoms with Crippen molar-refractivity contribution in [2.45, 2.75) is 11.6 Å². The third-order valence-corrected chi connectivity index (χ3v) is 5.68. The number of amides is 1. The van der Waals surface area contributed by atoms with E-state index >= 15 is 0 Å². The maximum atomic E-state index is 12.2. The molecule has 4 aromatic rings. The van der Waals surface area contributed by atoms with Crippen molar-refractivity contribution in [2.75, 3.05) is 19.5 Å². The summed E-state index contributed by atoms with van der Waals surface area (Å²) in [6.45, 7) is 0.492. The van der Waals surface area contributed by atoms with Gasteiger partial charge in [0.1, 0.15) is 0 Å². The van der Waals surface area contributed by atoms with Crippen LogP contribution in [0.2, 0.25) is 0 Å². The highest BCUT2D eigenvalue weighted by atomic mass is 32.2. The van der Waals surface area contributed by atoms with Crippen LogP contribution in [0.3, 0.4) is 0 Å². The minimum absolute atomic E-state index is 0.190. The molecule has 0 saturated carbocycles. The van der Waals surface area contributed by atoms with Gasteiger partial charge in [-0.1, -0.05) is 60.3 Å². The summed E-state index contributed by atoms with van der Waals surface area (Å²) < 4.78 is 11.5. The molecule has 0 saturated heterocycles. The number of aromatic nitrogens is 2. The average molecular weight is 461 g/mol. The second kappa shape index (κ2) is 11.2. The van der Waals surface area contributed by atoms with Crippen molar-refractivity contribution in [1.29, 1.82) is 0 Å². The van der Waals surface area contributed by atoms with Gasteiger partial charge in [0, 0.05) is 12.0 Å². The largest absolute Gasteiger partial charge is 0.493 e. The molecule has 0 aliphatic carbocycles. The Bertz CT molecular complexity index is 1210. The quantitative estimate of drug-likeness (QED) is 0.208. The lowest BCUT2D eigenvalue weighted by molar-refractivity contribution is -0.118. The molecule has 33 heavy (non-hydrogen) atoms. The molecule has 3 aromatic carbocycles. The summed E-state index contributed by atoms with van der Waals surface area (Å²) in [5, 5.41) is 4.79. The number of imidazole rings is 1. The first kappa shape index (κ1) is 22.4. The number of aromatic amines is 1. The van der Waals surface area contributed by atoms with Crippen molar-refractivity contribution in [3.63, 3.8) is 0 Å². The Labute approximate surface area is 196 Å². The summed E-state index contributed by atoms with van der Waals surface area (Å²) in [5.74, 6) is 1.16.